The molecule has 31 heavy (non-hydrogen) atoms. The zero-order valence-corrected chi connectivity index (χ0v) is 20.0. The van der Waals surface area contributed by atoms with Crippen molar-refractivity contribution in [2.24, 2.45) is 13.0 Å². The number of hydrogen-bond acceptors (Lipinski definition) is 7. The molecule has 1 atom stereocenters. The maximum Gasteiger partial charge on any atom is 0.146 e. The van der Waals surface area contributed by atoms with Crippen LogP contribution < -0.4 is 4.90 Å². The van der Waals surface area contributed by atoms with Gasteiger partial charge in [0.1, 0.15) is 28.6 Å². The Morgan fingerprint density at radius 3 is 2.65 bits per heavy atom. The van der Waals surface area contributed by atoms with E-state index in [-0.39, 0.29) is 0 Å². The van der Waals surface area contributed by atoms with Gasteiger partial charge in [0, 0.05) is 30.9 Å². The smallest absolute Gasteiger partial charge is 0.146 e. The lowest BCUT2D eigenvalue weighted by Crippen LogP contribution is -2.37. The molecular weight excluding hydrogens is 406 g/mol. The van der Waals surface area contributed by atoms with Crippen LogP contribution in [0.2, 0.25) is 0 Å². The van der Waals surface area contributed by atoms with Crippen LogP contribution in [0.15, 0.2) is 6.33 Å². The van der Waals surface area contributed by atoms with Gasteiger partial charge in [0.2, 0.25) is 0 Å². The summed E-state index contributed by atoms with van der Waals surface area (Å²) in [4.78, 5) is 17.7. The van der Waals surface area contributed by atoms with Crippen LogP contribution in [-0.2, 0) is 13.6 Å². The van der Waals surface area contributed by atoms with Gasteiger partial charge in [-0.15, -0.1) is 21.5 Å². The highest BCUT2D eigenvalue weighted by atomic mass is 32.1. The summed E-state index contributed by atoms with van der Waals surface area (Å²) < 4.78 is 2.06. The van der Waals surface area contributed by atoms with Crippen LogP contribution in [0.4, 0.5) is 5.82 Å². The average molecular weight is 440 g/mol. The van der Waals surface area contributed by atoms with Gasteiger partial charge in [-0.3, -0.25) is 4.90 Å². The molecule has 3 aromatic heterocycles. The number of anilines is 1. The van der Waals surface area contributed by atoms with Crippen LogP contribution in [-0.4, -0.2) is 55.8 Å². The lowest BCUT2D eigenvalue weighted by atomic mass is 9.97. The summed E-state index contributed by atoms with van der Waals surface area (Å²) in [7, 11) is 2.04. The molecule has 0 radical (unpaired) electrons. The van der Waals surface area contributed by atoms with E-state index in [9.17, 15) is 0 Å². The molecule has 0 spiro atoms. The predicted molar refractivity (Wildman–Crippen MR) is 126 cm³/mol. The molecule has 1 unspecified atom stereocenters. The standard InChI is InChI=1S/C23H33N7S/c1-15-7-10-29(11-8-15)13-19-25-22(20-16(2)17(3)31-23(20)26-19)30-9-5-6-18(12-30)21-27-24-14-28(21)4/h14-15,18H,5-13H2,1-4H3. The number of fused-ring (bicyclic) bond motifs is 1. The van der Waals surface area contributed by atoms with Crippen LogP contribution in [0.25, 0.3) is 10.2 Å². The van der Waals surface area contributed by atoms with Gasteiger partial charge in [-0.1, -0.05) is 6.92 Å². The maximum atomic E-state index is 5.19. The van der Waals surface area contributed by atoms with E-state index in [0.29, 0.717) is 5.92 Å². The Bertz CT molecular complexity index is 1060. The molecule has 2 aliphatic rings. The molecule has 8 heteroatoms. The number of nitrogens with zero attached hydrogens (tertiary/aromatic N) is 7. The molecule has 5 heterocycles. The van der Waals surface area contributed by atoms with E-state index in [1.165, 1.54) is 28.7 Å². The van der Waals surface area contributed by atoms with Gasteiger partial charge >= 0.3 is 0 Å². The zero-order chi connectivity index (χ0) is 21.5. The summed E-state index contributed by atoms with van der Waals surface area (Å²) in [6.45, 7) is 11.9. The number of aromatic nitrogens is 5. The molecule has 0 bridgehead atoms. The normalized spacial score (nSPS) is 21.3. The van der Waals surface area contributed by atoms with E-state index in [0.717, 1.165) is 73.8 Å². The molecule has 0 aromatic carbocycles. The van der Waals surface area contributed by atoms with Crippen LogP contribution in [0.5, 0.6) is 0 Å². The zero-order valence-electron chi connectivity index (χ0n) is 19.1. The molecule has 2 fully saturated rings. The third kappa shape index (κ3) is 4.07. The van der Waals surface area contributed by atoms with Gasteiger partial charge in [0.05, 0.1) is 11.9 Å². The van der Waals surface area contributed by atoms with Crippen molar-refractivity contribution >= 4 is 27.4 Å². The van der Waals surface area contributed by atoms with E-state index in [2.05, 4.69) is 45.3 Å². The molecule has 0 amide bonds. The molecule has 0 aliphatic carbocycles. The Morgan fingerprint density at radius 2 is 1.90 bits per heavy atom. The van der Waals surface area contributed by atoms with E-state index >= 15 is 0 Å². The number of rotatable bonds is 4. The number of likely N-dealkylation sites (tertiary alicyclic amines) is 1. The topological polar surface area (TPSA) is 63.0 Å². The first kappa shape index (κ1) is 20.8. The van der Waals surface area contributed by atoms with Crippen LogP contribution in [0.3, 0.4) is 0 Å². The van der Waals surface area contributed by atoms with Crippen molar-refractivity contribution in [3.8, 4) is 0 Å². The third-order valence-electron chi connectivity index (χ3n) is 7.13. The number of piperidine rings is 2. The summed E-state index contributed by atoms with van der Waals surface area (Å²) in [6, 6.07) is 0. The Labute approximate surface area is 188 Å². The quantitative estimate of drug-likeness (QED) is 0.611. The lowest BCUT2D eigenvalue weighted by molar-refractivity contribution is 0.181. The van der Waals surface area contributed by atoms with Gasteiger partial charge in [-0.05, 0) is 64.1 Å². The maximum absolute atomic E-state index is 5.19. The fraction of sp³-hybridized carbons (Fsp3) is 0.652. The fourth-order valence-electron chi connectivity index (χ4n) is 5.03. The van der Waals surface area contributed by atoms with Crippen LogP contribution >= 0.6 is 11.3 Å². The largest absolute Gasteiger partial charge is 0.355 e. The first-order chi connectivity index (χ1) is 15.0. The monoisotopic (exact) mass is 439 g/mol. The lowest BCUT2D eigenvalue weighted by Gasteiger charge is -2.34. The van der Waals surface area contributed by atoms with Gasteiger partial charge in [-0.25, -0.2) is 9.97 Å². The fourth-order valence-corrected chi connectivity index (χ4v) is 6.08. The minimum Gasteiger partial charge on any atom is -0.355 e. The predicted octanol–water partition coefficient (Wildman–Crippen LogP) is 4.05. The minimum absolute atomic E-state index is 0.387. The molecule has 5 rings (SSSR count). The SMILES string of the molecule is Cc1sc2nc(CN3CCC(C)CC3)nc(N3CCCC(c4nncn4C)C3)c2c1C. The second kappa shape index (κ2) is 8.47. The molecule has 166 valence electrons. The van der Waals surface area contributed by atoms with E-state index in [1.54, 1.807) is 6.33 Å². The number of thiophene rings is 1. The Kier molecular flexibility index (Phi) is 5.69. The summed E-state index contributed by atoms with van der Waals surface area (Å²) in [5.41, 5.74) is 1.33. The summed E-state index contributed by atoms with van der Waals surface area (Å²) in [5.74, 6) is 4.40. The van der Waals surface area contributed by atoms with Crippen LogP contribution in [0.1, 0.15) is 60.6 Å². The van der Waals surface area contributed by atoms with Gasteiger partial charge in [0.25, 0.3) is 0 Å². The van der Waals surface area contributed by atoms with Crippen molar-refractivity contribution in [1.29, 1.82) is 0 Å². The Morgan fingerprint density at radius 1 is 1.10 bits per heavy atom. The van der Waals surface area contributed by atoms with Crippen molar-refractivity contribution in [2.45, 2.75) is 58.9 Å². The molecule has 3 aromatic rings. The molecule has 7 nitrogen and oxygen atoms in total. The first-order valence-corrected chi connectivity index (χ1v) is 12.4. The van der Waals surface area contributed by atoms with Crippen molar-refractivity contribution < 1.29 is 0 Å². The molecular formula is C23H33N7S. The number of aryl methyl sites for hydroxylation is 3. The van der Waals surface area contributed by atoms with Gasteiger partial charge in [0.15, 0.2) is 0 Å². The third-order valence-corrected chi connectivity index (χ3v) is 8.23. The van der Waals surface area contributed by atoms with E-state index < -0.39 is 0 Å². The second-order valence-corrected chi connectivity index (χ2v) is 10.7. The first-order valence-electron chi connectivity index (χ1n) is 11.6. The highest BCUT2D eigenvalue weighted by Gasteiger charge is 2.28. The molecule has 0 N–H and O–H groups in total. The molecule has 0 saturated carbocycles. The van der Waals surface area contributed by atoms with Crippen molar-refractivity contribution in [3.05, 3.63) is 28.4 Å². The summed E-state index contributed by atoms with van der Waals surface area (Å²) in [5, 5.41) is 9.76. The van der Waals surface area contributed by atoms with E-state index in [4.69, 9.17) is 9.97 Å². The van der Waals surface area contributed by atoms with Gasteiger partial charge in [-0.2, -0.15) is 0 Å². The van der Waals surface area contributed by atoms with Crippen molar-refractivity contribution in [2.75, 3.05) is 31.1 Å². The Balaban J connectivity index is 1.48. The average Bonchev–Trinajstić information content (AvgIpc) is 3.32. The Hall–Kier alpha value is -2.06. The highest BCUT2D eigenvalue weighted by Crippen LogP contribution is 2.37. The van der Waals surface area contributed by atoms with Crippen molar-refractivity contribution in [3.63, 3.8) is 0 Å². The summed E-state index contributed by atoms with van der Waals surface area (Å²) in [6.07, 6.45) is 6.65. The van der Waals surface area contributed by atoms with Crippen LogP contribution in [0, 0.1) is 19.8 Å². The van der Waals surface area contributed by atoms with E-state index in [1.807, 2.05) is 18.4 Å². The molecule has 2 saturated heterocycles. The van der Waals surface area contributed by atoms with Gasteiger partial charge < -0.3 is 9.47 Å². The minimum atomic E-state index is 0.387. The summed E-state index contributed by atoms with van der Waals surface area (Å²) >= 11 is 1.81. The number of hydrogen-bond donors (Lipinski definition) is 0. The van der Waals surface area contributed by atoms with Crippen molar-refractivity contribution in [1.82, 2.24) is 29.6 Å². The highest BCUT2D eigenvalue weighted by molar-refractivity contribution is 7.18. The molecule has 2 aliphatic heterocycles. The second-order valence-electron chi connectivity index (χ2n) is 9.47.